The number of aromatic amines is 1. The van der Waals surface area contributed by atoms with Crippen molar-refractivity contribution < 1.29 is 19.0 Å². The molecule has 0 unspecified atom stereocenters. The summed E-state index contributed by atoms with van der Waals surface area (Å²) in [5.41, 5.74) is 9.13. The van der Waals surface area contributed by atoms with Gasteiger partial charge in [0.25, 0.3) is 5.91 Å². The van der Waals surface area contributed by atoms with Crippen molar-refractivity contribution in [2.75, 3.05) is 27.4 Å². The van der Waals surface area contributed by atoms with E-state index in [0.29, 0.717) is 47.0 Å². The molecule has 9 nitrogen and oxygen atoms in total. The minimum atomic E-state index is -0.146. The first kappa shape index (κ1) is 22.0. The van der Waals surface area contributed by atoms with Crippen LogP contribution < -0.4 is 20.5 Å². The van der Waals surface area contributed by atoms with Gasteiger partial charge in [0, 0.05) is 37.0 Å². The number of nitrogens with zero attached hydrogens (tertiary/aromatic N) is 2. The topological polar surface area (TPSA) is 124 Å². The van der Waals surface area contributed by atoms with Crippen LogP contribution in [0.15, 0.2) is 30.7 Å². The Morgan fingerprint density at radius 2 is 2.00 bits per heavy atom. The van der Waals surface area contributed by atoms with Crippen LogP contribution in [0.1, 0.15) is 36.0 Å². The molecule has 3 aromatic rings. The second-order valence-corrected chi connectivity index (χ2v) is 7.94. The smallest absolute Gasteiger partial charge is 0.255 e. The number of fused-ring (bicyclic) bond motifs is 1. The van der Waals surface area contributed by atoms with E-state index in [4.69, 9.17) is 19.9 Å². The van der Waals surface area contributed by atoms with Gasteiger partial charge >= 0.3 is 0 Å². The lowest BCUT2D eigenvalue weighted by atomic mass is 9.91. The highest BCUT2D eigenvalue weighted by molar-refractivity contribution is 6.07. The molecule has 1 saturated carbocycles. The number of methoxy groups -OCH3 is 2. The second kappa shape index (κ2) is 9.97. The number of carbonyl (C=O) groups is 1. The third-order valence-corrected chi connectivity index (χ3v) is 5.80. The number of carbonyl (C=O) groups excluding carboxylic acids is 1. The first-order valence-corrected chi connectivity index (χ1v) is 10.8. The van der Waals surface area contributed by atoms with Gasteiger partial charge in [0.2, 0.25) is 0 Å². The fourth-order valence-electron chi connectivity index (χ4n) is 4.02. The number of H-pyrrole nitrogens is 1. The Kier molecular flexibility index (Phi) is 6.87. The van der Waals surface area contributed by atoms with Crippen LogP contribution in [0.5, 0.6) is 11.5 Å². The van der Waals surface area contributed by atoms with E-state index in [-0.39, 0.29) is 18.0 Å². The van der Waals surface area contributed by atoms with Gasteiger partial charge in [0.05, 0.1) is 24.8 Å². The van der Waals surface area contributed by atoms with Crippen LogP contribution in [0.25, 0.3) is 22.3 Å². The quantitative estimate of drug-likeness (QED) is 0.461. The summed E-state index contributed by atoms with van der Waals surface area (Å²) in [7, 11) is 3.23. The fourth-order valence-corrected chi connectivity index (χ4v) is 4.02. The van der Waals surface area contributed by atoms with Crippen molar-refractivity contribution >= 4 is 16.9 Å². The van der Waals surface area contributed by atoms with Crippen molar-refractivity contribution in [2.24, 2.45) is 5.73 Å². The van der Waals surface area contributed by atoms with Gasteiger partial charge in [-0.15, -0.1) is 0 Å². The SMILES string of the molecule is COCCOc1cc(OC)ccc1-c1ncnc2c(C(=O)NC3CCC(N)CC3)c[nH]c12. The van der Waals surface area contributed by atoms with Crippen molar-refractivity contribution in [3.8, 4) is 22.8 Å². The molecule has 0 spiro atoms. The van der Waals surface area contributed by atoms with Crippen LogP contribution in [-0.2, 0) is 4.74 Å². The first-order chi connectivity index (χ1) is 15.6. The number of amides is 1. The largest absolute Gasteiger partial charge is 0.497 e. The summed E-state index contributed by atoms with van der Waals surface area (Å²) in [4.78, 5) is 25.0. The average molecular weight is 440 g/mol. The Bertz CT molecular complexity index is 1080. The van der Waals surface area contributed by atoms with Crippen molar-refractivity contribution in [3.05, 3.63) is 36.3 Å². The molecule has 1 aromatic carbocycles. The lowest BCUT2D eigenvalue weighted by Gasteiger charge is -2.26. The maximum absolute atomic E-state index is 13.0. The number of ether oxygens (including phenoxy) is 3. The first-order valence-electron chi connectivity index (χ1n) is 10.8. The standard InChI is InChI=1S/C23H29N5O4/c1-30-9-10-32-19-11-16(31-2)7-8-17(19)20-22-21(27-13-26-20)18(12-25-22)23(29)28-15-5-3-14(24)4-6-15/h7-8,11-15,25H,3-6,9-10,24H2,1-2H3,(H,28,29). The molecule has 9 heteroatoms. The van der Waals surface area contributed by atoms with Gasteiger partial charge in [-0.3, -0.25) is 4.79 Å². The van der Waals surface area contributed by atoms with E-state index in [1.165, 1.54) is 6.33 Å². The van der Waals surface area contributed by atoms with E-state index in [1.807, 2.05) is 18.2 Å². The molecule has 2 heterocycles. The molecule has 170 valence electrons. The number of hydrogen-bond acceptors (Lipinski definition) is 7. The Morgan fingerprint density at radius 1 is 1.19 bits per heavy atom. The third-order valence-electron chi connectivity index (χ3n) is 5.80. The van der Waals surface area contributed by atoms with E-state index >= 15 is 0 Å². The molecule has 2 aromatic heterocycles. The van der Waals surface area contributed by atoms with Gasteiger partial charge in [-0.2, -0.15) is 0 Å². The molecule has 32 heavy (non-hydrogen) atoms. The fraction of sp³-hybridized carbons (Fsp3) is 0.435. The normalized spacial score (nSPS) is 18.5. The van der Waals surface area contributed by atoms with Crippen LogP contribution in [0.4, 0.5) is 0 Å². The molecule has 1 amide bonds. The molecule has 1 aliphatic carbocycles. The van der Waals surface area contributed by atoms with Gasteiger partial charge in [-0.25, -0.2) is 9.97 Å². The predicted octanol–water partition coefficient (Wildman–Crippen LogP) is 2.66. The highest BCUT2D eigenvalue weighted by Gasteiger charge is 2.23. The number of hydrogen-bond donors (Lipinski definition) is 3. The molecule has 0 aliphatic heterocycles. The van der Waals surface area contributed by atoms with Crippen LogP contribution >= 0.6 is 0 Å². The van der Waals surface area contributed by atoms with E-state index in [1.54, 1.807) is 20.4 Å². The molecule has 0 radical (unpaired) electrons. The number of rotatable bonds is 8. The van der Waals surface area contributed by atoms with Crippen molar-refractivity contribution in [3.63, 3.8) is 0 Å². The van der Waals surface area contributed by atoms with Crippen LogP contribution in [-0.4, -0.2) is 60.4 Å². The molecular formula is C23H29N5O4. The van der Waals surface area contributed by atoms with Crippen LogP contribution in [0.3, 0.4) is 0 Å². The highest BCUT2D eigenvalue weighted by atomic mass is 16.5. The van der Waals surface area contributed by atoms with Crippen molar-refractivity contribution in [1.82, 2.24) is 20.3 Å². The number of aromatic nitrogens is 3. The Labute approximate surface area is 186 Å². The maximum atomic E-state index is 13.0. The zero-order valence-electron chi connectivity index (χ0n) is 18.4. The highest BCUT2D eigenvalue weighted by Crippen LogP contribution is 2.36. The summed E-state index contributed by atoms with van der Waals surface area (Å²) < 4.78 is 16.4. The summed E-state index contributed by atoms with van der Waals surface area (Å²) in [6, 6.07) is 5.90. The van der Waals surface area contributed by atoms with Gasteiger partial charge in [0.15, 0.2) is 0 Å². The summed E-state index contributed by atoms with van der Waals surface area (Å²) in [5, 5.41) is 3.12. The van der Waals surface area contributed by atoms with Gasteiger partial charge < -0.3 is 30.2 Å². The lowest BCUT2D eigenvalue weighted by Crippen LogP contribution is -2.40. The van der Waals surface area contributed by atoms with Gasteiger partial charge in [-0.05, 0) is 37.8 Å². The number of nitrogens with one attached hydrogen (secondary N) is 2. The summed E-state index contributed by atoms with van der Waals surface area (Å²) in [6.07, 6.45) is 6.78. The maximum Gasteiger partial charge on any atom is 0.255 e. The molecule has 0 saturated heterocycles. The summed E-state index contributed by atoms with van der Waals surface area (Å²) >= 11 is 0. The molecule has 4 N–H and O–H groups in total. The van der Waals surface area contributed by atoms with E-state index in [9.17, 15) is 4.79 Å². The Balaban J connectivity index is 1.64. The summed E-state index contributed by atoms with van der Waals surface area (Å²) in [6.45, 7) is 0.836. The molecule has 0 atom stereocenters. The van der Waals surface area contributed by atoms with Gasteiger partial charge in [-0.1, -0.05) is 0 Å². The predicted molar refractivity (Wildman–Crippen MR) is 121 cm³/mol. The molecule has 1 fully saturated rings. The minimum Gasteiger partial charge on any atom is -0.497 e. The zero-order valence-corrected chi connectivity index (χ0v) is 18.4. The Morgan fingerprint density at radius 3 is 2.75 bits per heavy atom. The lowest BCUT2D eigenvalue weighted by molar-refractivity contribution is 0.0927. The molecular weight excluding hydrogens is 410 g/mol. The van der Waals surface area contributed by atoms with Crippen molar-refractivity contribution in [1.29, 1.82) is 0 Å². The van der Waals surface area contributed by atoms with Crippen molar-refractivity contribution in [2.45, 2.75) is 37.8 Å². The summed E-state index contributed by atoms with van der Waals surface area (Å²) in [5.74, 6) is 1.14. The Hall–Kier alpha value is -3.17. The molecule has 1 aliphatic rings. The van der Waals surface area contributed by atoms with E-state index < -0.39 is 0 Å². The monoisotopic (exact) mass is 439 g/mol. The number of benzene rings is 1. The average Bonchev–Trinajstić information content (AvgIpc) is 3.25. The molecule has 4 rings (SSSR count). The third kappa shape index (κ3) is 4.68. The van der Waals surface area contributed by atoms with E-state index in [2.05, 4.69) is 20.3 Å². The zero-order chi connectivity index (χ0) is 22.5. The molecule has 0 bridgehead atoms. The van der Waals surface area contributed by atoms with Gasteiger partial charge in [0.1, 0.15) is 35.6 Å². The minimum absolute atomic E-state index is 0.135. The van der Waals surface area contributed by atoms with E-state index in [0.717, 1.165) is 31.2 Å². The second-order valence-electron chi connectivity index (χ2n) is 7.94. The van der Waals surface area contributed by atoms with Crippen LogP contribution in [0.2, 0.25) is 0 Å². The van der Waals surface area contributed by atoms with Crippen LogP contribution in [0, 0.1) is 0 Å². The number of nitrogens with two attached hydrogens (primary N) is 1.